The van der Waals surface area contributed by atoms with Crippen molar-refractivity contribution in [2.75, 3.05) is 23.4 Å². The number of rotatable bonds is 5. The molecule has 0 spiro atoms. The van der Waals surface area contributed by atoms with E-state index in [-0.39, 0.29) is 18.4 Å². The lowest BCUT2D eigenvalue weighted by Gasteiger charge is -2.30. The lowest BCUT2D eigenvalue weighted by molar-refractivity contribution is -0.121. The summed E-state index contributed by atoms with van der Waals surface area (Å²) in [5.74, 6) is 0.366. The van der Waals surface area contributed by atoms with E-state index in [4.69, 9.17) is 4.74 Å². The fraction of sp³-hybridized carbons (Fsp3) is 0.167. The van der Waals surface area contributed by atoms with Crippen molar-refractivity contribution in [3.05, 3.63) is 89.5 Å². The summed E-state index contributed by atoms with van der Waals surface area (Å²) in [6.45, 7) is 2.55. The maximum Gasteiger partial charge on any atom is 0.265 e. The Morgan fingerprint density at radius 1 is 1.03 bits per heavy atom. The maximum absolute atomic E-state index is 12.5. The summed E-state index contributed by atoms with van der Waals surface area (Å²) in [5.41, 5.74) is 4.15. The molecule has 0 radical (unpaired) electrons. The molecular weight excluding hydrogens is 364 g/mol. The number of fused-ring (bicyclic) bond motifs is 1. The molecule has 29 heavy (non-hydrogen) atoms. The van der Waals surface area contributed by atoms with Crippen molar-refractivity contribution < 1.29 is 14.3 Å². The molecule has 0 saturated carbocycles. The Bertz CT molecular complexity index is 1030. The first kappa shape index (κ1) is 18.7. The first-order valence-corrected chi connectivity index (χ1v) is 9.59. The number of carbonyl (C=O) groups is 2. The van der Waals surface area contributed by atoms with Crippen molar-refractivity contribution in [1.29, 1.82) is 0 Å². The minimum Gasteiger partial charge on any atom is -0.482 e. The summed E-state index contributed by atoms with van der Waals surface area (Å²) in [6.07, 6.45) is 0.742. The van der Waals surface area contributed by atoms with Gasteiger partial charge in [0.05, 0.1) is 5.69 Å². The minimum absolute atomic E-state index is 0.0247. The van der Waals surface area contributed by atoms with E-state index in [1.807, 2.05) is 49.4 Å². The molecule has 5 nitrogen and oxygen atoms in total. The first-order chi connectivity index (χ1) is 14.1. The van der Waals surface area contributed by atoms with Gasteiger partial charge in [-0.3, -0.25) is 9.59 Å². The number of hydrogen-bond donors (Lipinski definition) is 1. The van der Waals surface area contributed by atoms with Crippen molar-refractivity contribution in [1.82, 2.24) is 0 Å². The largest absolute Gasteiger partial charge is 0.482 e. The smallest absolute Gasteiger partial charge is 0.265 e. The van der Waals surface area contributed by atoms with Crippen LogP contribution in [0.1, 0.15) is 21.5 Å². The van der Waals surface area contributed by atoms with Gasteiger partial charge in [0.15, 0.2) is 6.61 Å². The average Bonchev–Trinajstić information content (AvgIpc) is 2.74. The van der Waals surface area contributed by atoms with Crippen LogP contribution in [0.15, 0.2) is 72.8 Å². The molecule has 1 N–H and O–H groups in total. The Morgan fingerprint density at radius 3 is 2.55 bits per heavy atom. The summed E-state index contributed by atoms with van der Waals surface area (Å²) in [4.78, 5) is 26.7. The number of hydrogen-bond acceptors (Lipinski definition) is 3. The highest BCUT2D eigenvalue weighted by Crippen LogP contribution is 2.34. The van der Waals surface area contributed by atoms with E-state index < -0.39 is 0 Å². The maximum atomic E-state index is 12.5. The summed E-state index contributed by atoms with van der Waals surface area (Å²) in [7, 11) is 0. The second-order valence-electron chi connectivity index (χ2n) is 7.07. The number of aryl methyl sites for hydroxylation is 1. The molecule has 1 aliphatic heterocycles. The van der Waals surface area contributed by atoms with Gasteiger partial charge in [-0.1, -0.05) is 48.0 Å². The Morgan fingerprint density at radius 2 is 1.79 bits per heavy atom. The highest BCUT2D eigenvalue weighted by Gasteiger charge is 2.25. The predicted octanol–water partition coefficient (Wildman–Crippen LogP) is 4.22. The van der Waals surface area contributed by atoms with Crippen LogP contribution in [0.4, 0.5) is 11.4 Å². The third-order valence-electron chi connectivity index (χ3n) is 4.94. The molecule has 0 aromatic heterocycles. The van der Waals surface area contributed by atoms with Gasteiger partial charge in [-0.25, -0.2) is 0 Å². The van der Waals surface area contributed by atoms with Gasteiger partial charge in [-0.2, -0.15) is 0 Å². The molecular formula is C24H22N2O3. The number of amides is 2. The normalized spacial score (nSPS) is 12.9. The van der Waals surface area contributed by atoms with E-state index in [1.54, 1.807) is 35.2 Å². The first-order valence-electron chi connectivity index (χ1n) is 9.59. The summed E-state index contributed by atoms with van der Waals surface area (Å²) in [6, 6.07) is 22.8. The van der Waals surface area contributed by atoms with Crippen molar-refractivity contribution >= 4 is 23.2 Å². The monoisotopic (exact) mass is 386 g/mol. The number of benzene rings is 3. The van der Waals surface area contributed by atoms with Crippen LogP contribution in [0.2, 0.25) is 0 Å². The summed E-state index contributed by atoms with van der Waals surface area (Å²) < 4.78 is 5.57. The van der Waals surface area contributed by atoms with Gasteiger partial charge in [0, 0.05) is 17.8 Å². The topological polar surface area (TPSA) is 58.6 Å². The van der Waals surface area contributed by atoms with Crippen LogP contribution in [0.25, 0.3) is 0 Å². The van der Waals surface area contributed by atoms with Crippen LogP contribution in [0.3, 0.4) is 0 Å². The van der Waals surface area contributed by atoms with Crippen LogP contribution in [-0.4, -0.2) is 25.0 Å². The van der Waals surface area contributed by atoms with Crippen LogP contribution in [0, 0.1) is 6.92 Å². The number of nitrogens with zero attached hydrogens (tertiary/aromatic N) is 1. The Labute approximate surface area is 169 Å². The summed E-state index contributed by atoms with van der Waals surface area (Å²) in [5, 5.41) is 2.90. The SMILES string of the molecule is Cc1ccc(C(=O)Nc2ccc3c(c2)N(CCc2ccccc2)C(=O)CO3)cc1. The zero-order valence-electron chi connectivity index (χ0n) is 16.2. The molecule has 0 bridgehead atoms. The van der Waals surface area contributed by atoms with Gasteiger partial charge in [0.1, 0.15) is 5.75 Å². The molecule has 4 rings (SSSR count). The molecule has 5 heteroatoms. The molecule has 0 unspecified atom stereocenters. The molecule has 0 atom stereocenters. The molecule has 0 fully saturated rings. The third-order valence-corrected chi connectivity index (χ3v) is 4.94. The molecule has 1 aliphatic rings. The fourth-order valence-corrected chi connectivity index (χ4v) is 3.32. The van der Waals surface area contributed by atoms with E-state index in [0.29, 0.717) is 29.2 Å². The van der Waals surface area contributed by atoms with Gasteiger partial charge < -0.3 is 15.0 Å². The molecule has 2 amide bonds. The standard InChI is InChI=1S/C24H22N2O3/c1-17-7-9-19(10-8-17)24(28)25-20-11-12-22-21(15-20)26(23(27)16-29-22)14-13-18-5-3-2-4-6-18/h2-12,15H,13-14,16H2,1H3,(H,25,28). The van der Waals surface area contributed by atoms with Crippen LogP contribution in [-0.2, 0) is 11.2 Å². The van der Waals surface area contributed by atoms with Crippen LogP contribution in [0.5, 0.6) is 5.75 Å². The Balaban J connectivity index is 1.53. The molecule has 3 aromatic rings. The van der Waals surface area contributed by atoms with Gasteiger partial charge >= 0.3 is 0 Å². The lowest BCUT2D eigenvalue weighted by atomic mass is 10.1. The highest BCUT2D eigenvalue weighted by atomic mass is 16.5. The molecule has 146 valence electrons. The second-order valence-corrected chi connectivity index (χ2v) is 7.07. The van der Waals surface area contributed by atoms with Crippen molar-refractivity contribution in [3.63, 3.8) is 0 Å². The van der Waals surface area contributed by atoms with E-state index in [9.17, 15) is 9.59 Å². The minimum atomic E-state index is -0.191. The second kappa shape index (κ2) is 8.19. The van der Waals surface area contributed by atoms with Crippen molar-refractivity contribution in [3.8, 4) is 5.75 Å². The number of nitrogens with one attached hydrogen (secondary N) is 1. The zero-order chi connectivity index (χ0) is 20.2. The van der Waals surface area contributed by atoms with Gasteiger partial charge in [-0.05, 0) is 49.2 Å². The predicted molar refractivity (Wildman–Crippen MR) is 114 cm³/mol. The lowest BCUT2D eigenvalue weighted by Crippen LogP contribution is -2.40. The van der Waals surface area contributed by atoms with Crippen LogP contribution >= 0.6 is 0 Å². The van der Waals surface area contributed by atoms with E-state index in [1.165, 1.54) is 0 Å². The number of ether oxygens (including phenoxy) is 1. The zero-order valence-corrected chi connectivity index (χ0v) is 16.2. The summed E-state index contributed by atoms with van der Waals surface area (Å²) >= 11 is 0. The van der Waals surface area contributed by atoms with E-state index in [2.05, 4.69) is 5.32 Å². The molecule has 3 aromatic carbocycles. The quantitative estimate of drug-likeness (QED) is 0.714. The Hall–Kier alpha value is -3.60. The van der Waals surface area contributed by atoms with Gasteiger partial charge in [-0.15, -0.1) is 0 Å². The third kappa shape index (κ3) is 4.29. The van der Waals surface area contributed by atoms with Gasteiger partial charge in [0.25, 0.3) is 11.8 Å². The Kier molecular flexibility index (Phi) is 5.29. The fourth-order valence-electron chi connectivity index (χ4n) is 3.32. The molecule has 0 aliphatic carbocycles. The number of anilines is 2. The van der Waals surface area contributed by atoms with E-state index in [0.717, 1.165) is 17.5 Å². The number of carbonyl (C=O) groups excluding carboxylic acids is 2. The van der Waals surface area contributed by atoms with Crippen LogP contribution < -0.4 is 15.0 Å². The average molecular weight is 386 g/mol. The van der Waals surface area contributed by atoms with Crippen molar-refractivity contribution in [2.45, 2.75) is 13.3 Å². The highest BCUT2D eigenvalue weighted by molar-refractivity contribution is 6.05. The van der Waals surface area contributed by atoms with Crippen molar-refractivity contribution in [2.24, 2.45) is 0 Å². The molecule has 0 saturated heterocycles. The van der Waals surface area contributed by atoms with Gasteiger partial charge in [0.2, 0.25) is 0 Å². The molecule has 1 heterocycles. The van der Waals surface area contributed by atoms with E-state index >= 15 is 0 Å².